The van der Waals surface area contributed by atoms with Crippen LogP contribution in [0.25, 0.3) is 10.9 Å². The summed E-state index contributed by atoms with van der Waals surface area (Å²) in [5.41, 5.74) is 6.86. The predicted molar refractivity (Wildman–Crippen MR) is 56.1 cm³/mol. The molecule has 0 radical (unpaired) electrons. The minimum Gasteiger partial charge on any atom is -0.351 e. The Morgan fingerprint density at radius 3 is 2.93 bits per heavy atom. The van der Waals surface area contributed by atoms with Crippen molar-refractivity contribution in [2.45, 2.75) is 0 Å². The van der Waals surface area contributed by atoms with E-state index in [0.717, 1.165) is 16.6 Å². The van der Waals surface area contributed by atoms with Crippen LogP contribution in [0.1, 0.15) is 0 Å². The van der Waals surface area contributed by atoms with Crippen molar-refractivity contribution in [2.75, 3.05) is 5.32 Å². The Bertz CT molecular complexity index is 487. The van der Waals surface area contributed by atoms with Gasteiger partial charge in [-0.3, -0.25) is 0 Å². The number of aromatic nitrogens is 1. The fourth-order valence-corrected chi connectivity index (χ4v) is 1.50. The normalized spacial score (nSPS) is 10.4. The zero-order chi connectivity index (χ0) is 10.1. The number of primary amides is 1. The van der Waals surface area contributed by atoms with Gasteiger partial charge in [-0.1, -0.05) is 0 Å². The van der Waals surface area contributed by atoms with Crippen LogP contribution >= 0.6 is 0 Å². The van der Waals surface area contributed by atoms with Crippen molar-refractivity contribution in [3.8, 4) is 0 Å². The van der Waals surface area contributed by atoms with E-state index in [9.17, 15) is 4.79 Å². The molecule has 0 bridgehead atoms. The summed E-state index contributed by atoms with van der Waals surface area (Å²) in [4.78, 5) is 10.6. The van der Waals surface area contributed by atoms with E-state index >= 15 is 0 Å². The molecule has 4 nitrogen and oxygen atoms in total. The zero-order valence-corrected chi connectivity index (χ0v) is 7.82. The molecule has 0 aliphatic heterocycles. The fourth-order valence-electron chi connectivity index (χ4n) is 1.50. The molecule has 0 spiro atoms. The van der Waals surface area contributed by atoms with Gasteiger partial charge in [-0.2, -0.15) is 0 Å². The third-order valence-corrected chi connectivity index (χ3v) is 2.15. The lowest BCUT2D eigenvalue weighted by atomic mass is 10.2. The van der Waals surface area contributed by atoms with Gasteiger partial charge < -0.3 is 15.6 Å². The van der Waals surface area contributed by atoms with E-state index in [1.54, 1.807) is 0 Å². The van der Waals surface area contributed by atoms with E-state index in [4.69, 9.17) is 5.73 Å². The Morgan fingerprint density at radius 2 is 2.21 bits per heavy atom. The number of fused-ring (bicyclic) bond motifs is 1. The second-order valence-corrected chi connectivity index (χ2v) is 3.19. The second kappa shape index (κ2) is 3.06. The van der Waals surface area contributed by atoms with Gasteiger partial charge in [0.1, 0.15) is 0 Å². The summed E-state index contributed by atoms with van der Waals surface area (Å²) in [6.45, 7) is 0. The number of aryl methyl sites for hydroxylation is 1. The number of hydrogen-bond acceptors (Lipinski definition) is 1. The van der Waals surface area contributed by atoms with Gasteiger partial charge in [0, 0.05) is 29.8 Å². The molecule has 0 saturated carbocycles. The highest BCUT2D eigenvalue weighted by molar-refractivity contribution is 5.92. The molecule has 1 aromatic carbocycles. The molecule has 72 valence electrons. The van der Waals surface area contributed by atoms with Crippen molar-refractivity contribution >= 4 is 22.6 Å². The van der Waals surface area contributed by atoms with Crippen LogP contribution in [0, 0.1) is 0 Å². The molecule has 0 aliphatic rings. The Hall–Kier alpha value is -1.97. The average molecular weight is 189 g/mol. The summed E-state index contributed by atoms with van der Waals surface area (Å²) < 4.78 is 2.02. The van der Waals surface area contributed by atoms with Gasteiger partial charge in [-0.05, 0) is 24.3 Å². The summed E-state index contributed by atoms with van der Waals surface area (Å²) >= 11 is 0. The molecule has 0 saturated heterocycles. The van der Waals surface area contributed by atoms with Crippen molar-refractivity contribution in [3.63, 3.8) is 0 Å². The summed E-state index contributed by atoms with van der Waals surface area (Å²) in [6.07, 6.45) is 1.97. The van der Waals surface area contributed by atoms with Gasteiger partial charge in [0.25, 0.3) is 0 Å². The van der Waals surface area contributed by atoms with Crippen molar-refractivity contribution in [3.05, 3.63) is 30.5 Å². The van der Waals surface area contributed by atoms with Crippen LogP contribution in [0.15, 0.2) is 30.5 Å². The Labute approximate surface area is 81.3 Å². The van der Waals surface area contributed by atoms with Crippen LogP contribution in [0.5, 0.6) is 0 Å². The van der Waals surface area contributed by atoms with Gasteiger partial charge in [-0.15, -0.1) is 0 Å². The number of nitrogens with one attached hydrogen (secondary N) is 1. The van der Waals surface area contributed by atoms with Crippen molar-refractivity contribution in [1.82, 2.24) is 4.57 Å². The molecule has 2 rings (SSSR count). The Morgan fingerprint density at radius 1 is 1.43 bits per heavy atom. The Kier molecular flexibility index (Phi) is 1.89. The fraction of sp³-hybridized carbons (Fsp3) is 0.100. The number of carbonyl (C=O) groups is 1. The smallest absolute Gasteiger partial charge is 0.316 e. The maximum atomic E-state index is 10.6. The van der Waals surface area contributed by atoms with Crippen LogP contribution in [0.2, 0.25) is 0 Å². The lowest BCUT2D eigenvalue weighted by Gasteiger charge is -2.02. The molecule has 0 fully saturated rings. The van der Waals surface area contributed by atoms with Crippen LogP contribution < -0.4 is 11.1 Å². The number of amides is 2. The lowest BCUT2D eigenvalue weighted by Crippen LogP contribution is -2.19. The first-order chi connectivity index (χ1) is 6.66. The highest BCUT2D eigenvalue weighted by atomic mass is 16.2. The number of anilines is 1. The van der Waals surface area contributed by atoms with E-state index in [-0.39, 0.29) is 0 Å². The maximum Gasteiger partial charge on any atom is 0.316 e. The Balaban J connectivity index is 2.46. The number of hydrogen-bond donors (Lipinski definition) is 2. The van der Waals surface area contributed by atoms with Gasteiger partial charge >= 0.3 is 6.03 Å². The first kappa shape index (κ1) is 8.62. The van der Waals surface area contributed by atoms with Crippen LogP contribution in [0.4, 0.5) is 10.5 Å². The predicted octanol–water partition coefficient (Wildman–Crippen LogP) is 1.67. The molecule has 2 aromatic rings. The van der Waals surface area contributed by atoms with Gasteiger partial charge in [0.15, 0.2) is 0 Å². The van der Waals surface area contributed by atoms with Crippen LogP contribution in [-0.2, 0) is 7.05 Å². The largest absolute Gasteiger partial charge is 0.351 e. The summed E-state index contributed by atoms with van der Waals surface area (Å²) in [7, 11) is 1.98. The summed E-state index contributed by atoms with van der Waals surface area (Å²) in [6, 6.07) is 7.11. The quantitative estimate of drug-likeness (QED) is 0.704. The second-order valence-electron chi connectivity index (χ2n) is 3.19. The van der Waals surface area contributed by atoms with E-state index < -0.39 is 6.03 Å². The first-order valence-electron chi connectivity index (χ1n) is 4.28. The number of urea groups is 1. The molecule has 1 aromatic heterocycles. The molecule has 1 heterocycles. The monoisotopic (exact) mass is 189 g/mol. The van der Waals surface area contributed by atoms with E-state index in [0.29, 0.717) is 0 Å². The van der Waals surface area contributed by atoms with E-state index in [1.165, 1.54) is 0 Å². The third-order valence-electron chi connectivity index (χ3n) is 2.15. The lowest BCUT2D eigenvalue weighted by molar-refractivity contribution is 0.259. The molecule has 0 unspecified atom stereocenters. The van der Waals surface area contributed by atoms with Gasteiger partial charge in [0.05, 0.1) is 0 Å². The highest BCUT2D eigenvalue weighted by Gasteiger charge is 2.00. The number of benzene rings is 1. The summed E-state index contributed by atoms with van der Waals surface area (Å²) in [5.74, 6) is 0. The van der Waals surface area contributed by atoms with E-state index in [2.05, 4.69) is 5.32 Å². The van der Waals surface area contributed by atoms with Crippen molar-refractivity contribution < 1.29 is 4.79 Å². The van der Waals surface area contributed by atoms with Crippen LogP contribution in [-0.4, -0.2) is 10.6 Å². The topological polar surface area (TPSA) is 60.1 Å². The van der Waals surface area contributed by atoms with Crippen molar-refractivity contribution in [1.29, 1.82) is 0 Å². The third kappa shape index (κ3) is 1.42. The minimum atomic E-state index is -0.541. The number of nitrogens with zero attached hydrogens (tertiary/aromatic N) is 1. The van der Waals surface area contributed by atoms with Gasteiger partial charge in [-0.25, -0.2) is 4.79 Å². The number of carbonyl (C=O) groups excluding carboxylic acids is 1. The van der Waals surface area contributed by atoms with Gasteiger partial charge in [0.2, 0.25) is 0 Å². The zero-order valence-electron chi connectivity index (χ0n) is 7.82. The average Bonchev–Trinajstić information content (AvgIpc) is 2.46. The highest BCUT2D eigenvalue weighted by Crippen LogP contribution is 2.19. The molecular weight excluding hydrogens is 178 g/mol. The molecule has 4 heteroatoms. The molecule has 0 aliphatic carbocycles. The summed E-state index contributed by atoms with van der Waals surface area (Å²) in [5, 5.41) is 3.62. The number of rotatable bonds is 1. The molecule has 0 atom stereocenters. The molecule has 2 amide bonds. The van der Waals surface area contributed by atoms with E-state index in [1.807, 2.05) is 42.1 Å². The first-order valence-corrected chi connectivity index (χ1v) is 4.28. The SMILES string of the molecule is Cn1ccc2cc(NC(N)=O)ccc21. The minimum absolute atomic E-state index is 0.541. The maximum absolute atomic E-state index is 10.6. The van der Waals surface area contributed by atoms with Crippen molar-refractivity contribution in [2.24, 2.45) is 12.8 Å². The molecular formula is C10H11N3O. The molecule has 14 heavy (non-hydrogen) atoms. The standard InChI is InChI=1S/C10H11N3O/c1-13-5-4-7-6-8(12-10(11)14)2-3-9(7)13/h2-6H,1H3,(H3,11,12,14). The van der Waals surface area contributed by atoms with Crippen LogP contribution in [0.3, 0.4) is 0 Å². The number of nitrogens with two attached hydrogens (primary N) is 1. The molecule has 3 N–H and O–H groups in total.